The molecule has 8 nitrogen and oxygen atoms in total. The Kier molecular flexibility index (Phi) is 23.8. The van der Waals surface area contributed by atoms with Gasteiger partial charge >= 0.3 is 17.6 Å². The first-order chi connectivity index (χ1) is 20.5. The van der Waals surface area contributed by atoms with Crippen LogP contribution in [-0.2, 0) is 26.6 Å². The largest absolute Gasteiger partial charge is 0.529 e. The monoisotopic (exact) mass is 628 g/mol. The van der Waals surface area contributed by atoms with E-state index in [4.69, 9.17) is 26.6 Å². The Morgan fingerprint density at radius 3 is 1.71 bits per heavy atom. The normalized spacial score (nSPS) is 17.0. The number of hydrogen-bond acceptors (Lipinski definition) is 8. The highest BCUT2D eigenvalue weighted by Crippen LogP contribution is 2.22. The summed E-state index contributed by atoms with van der Waals surface area (Å²) in [4.78, 5) is 6.51. The van der Waals surface area contributed by atoms with Gasteiger partial charge in [0.25, 0.3) is 0 Å². The molecular weight excluding hydrogens is 565 g/mol. The van der Waals surface area contributed by atoms with E-state index in [-0.39, 0.29) is 0 Å². The molecule has 0 amide bonds. The van der Waals surface area contributed by atoms with E-state index in [1.807, 2.05) is 6.34 Å². The standard InChI is InChI=1S/C17H32O3Si.C15H32N2O3Si/c1-4-13-18-21(19-14-5-2,20-15-6-3)16-9-12-17-10-7-8-11-17;1-4-11-18-21(19-12-5-2,20-13-6-3)14-7-9-17-10-8-16-15-17/h7,9-10,16-17H,4-6,8,11-15H2,1-3H3;15H,4-14H2,1-3H3. The molecule has 0 spiro atoms. The molecule has 0 saturated carbocycles. The van der Waals surface area contributed by atoms with E-state index in [9.17, 15) is 0 Å². The molecule has 0 aromatic rings. The van der Waals surface area contributed by atoms with Crippen molar-refractivity contribution in [1.82, 2.24) is 4.90 Å². The van der Waals surface area contributed by atoms with Crippen molar-refractivity contribution in [3.63, 3.8) is 0 Å². The average molecular weight is 629 g/mol. The Morgan fingerprint density at radius 1 is 0.762 bits per heavy atom. The zero-order chi connectivity index (χ0) is 30.8. The summed E-state index contributed by atoms with van der Waals surface area (Å²) >= 11 is 0. The van der Waals surface area contributed by atoms with Crippen molar-refractivity contribution in [2.45, 2.75) is 112 Å². The Hall–Kier alpha value is -0.856. The lowest BCUT2D eigenvalue weighted by Gasteiger charge is -2.30. The molecule has 0 radical (unpaired) electrons. The van der Waals surface area contributed by atoms with Crippen molar-refractivity contribution in [3.05, 3.63) is 23.9 Å². The van der Waals surface area contributed by atoms with Crippen molar-refractivity contribution in [2.75, 3.05) is 59.3 Å². The lowest BCUT2D eigenvalue weighted by Crippen LogP contribution is -2.47. The molecule has 0 aromatic carbocycles. The maximum atomic E-state index is 6.09. The van der Waals surface area contributed by atoms with E-state index in [0.717, 1.165) is 96.9 Å². The van der Waals surface area contributed by atoms with Gasteiger partial charge in [-0.1, -0.05) is 59.8 Å². The third-order valence-corrected chi connectivity index (χ3v) is 12.0. The second-order valence-electron chi connectivity index (χ2n) is 10.9. The predicted octanol–water partition coefficient (Wildman–Crippen LogP) is 7.60. The minimum atomic E-state index is -2.64. The summed E-state index contributed by atoms with van der Waals surface area (Å²) in [5, 5.41) is 0. The van der Waals surface area contributed by atoms with Crippen molar-refractivity contribution in [3.8, 4) is 0 Å². The number of hydrogen-bond donors (Lipinski definition) is 0. The van der Waals surface area contributed by atoms with Crippen LogP contribution < -0.4 is 0 Å². The van der Waals surface area contributed by atoms with Crippen LogP contribution in [0.15, 0.2) is 28.9 Å². The van der Waals surface area contributed by atoms with Gasteiger partial charge in [-0.2, -0.15) is 0 Å². The van der Waals surface area contributed by atoms with Crippen LogP contribution in [0.4, 0.5) is 0 Å². The zero-order valence-electron chi connectivity index (χ0n) is 28.0. The van der Waals surface area contributed by atoms with Crippen LogP contribution >= 0.6 is 0 Å². The topological polar surface area (TPSA) is 71.0 Å². The van der Waals surface area contributed by atoms with E-state index >= 15 is 0 Å². The van der Waals surface area contributed by atoms with Crippen molar-refractivity contribution < 1.29 is 26.6 Å². The van der Waals surface area contributed by atoms with Crippen molar-refractivity contribution in [1.29, 1.82) is 0 Å². The molecule has 1 heterocycles. The van der Waals surface area contributed by atoms with Crippen LogP contribution in [0.3, 0.4) is 0 Å². The Morgan fingerprint density at radius 2 is 1.29 bits per heavy atom. The first-order valence-corrected chi connectivity index (χ1v) is 20.7. The highest BCUT2D eigenvalue weighted by molar-refractivity contribution is 6.66. The molecule has 10 heteroatoms. The molecule has 2 aliphatic rings. The predicted molar refractivity (Wildman–Crippen MR) is 179 cm³/mol. The summed E-state index contributed by atoms with van der Waals surface area (Å²) in [5.41, 5.74) is 2.11. The van der Waals surface area contributed by atoms with E-state index in [2.05, 4.69) is 75.4 Å². The molecule has 0 N–H and O–H groups in total. The Balaban J connectivity index is 0.000000420. The molecule has 1 unspecified atom stereocenters. The van der Waals surface area contributed by atoms with Gasteiger partial charge in [-0.05, 0) is 75.8 Å². The summed E-state index contributed by atoms with van der Waals surface area (Å²) < 4.78 is 36.4. The van der Waals surface area contributed by atoms with Gasteiger partial charge in [0.05, 0.1) is 12.9 Å². The third-order valence-electron chi connectivity index (χ3n) is 6.66. The third kappa shape index (κ3) is 17.4. The van der Waals surface area contributed by atoms with Gasteiger partial charge in [0.1, 0.15) is 0 Å². The zero-order valence-corrected chi connectivity index (χ0v) is 30.0. The fourth-order valence-electron chi connectivity index (χ4n) is 4.48. The van der Waals surface area contributed by atoms with Gasteiger partial charge < -0.3 is 31.5 Å². The van der Waals surface area contributed by atoms with Crippen LogP contribution in [0.5, 0.6) is 0 Å². The van der Waals surface area contributed by atoms with Gasteiger partial charge in [-0.3, -0.25) is 4.99 Å². The fraction of sp³-hybridized carbons (Fsp3) is 0.844. The summed E-state index contributed by atoms with van der Waals surface area (Å²) in [5.74, 6) is 0.677. The minimum Gasteiger partial charge on any atom is -0.373 e. The SMILES string of the molecule is CCCO[Si](C=CCC1C=CCC1)(OCCC)OCCC.CCCO[Si](CCCN1C=NCC1)(OCCC)OCCC. The maximum absolute atomic E-state index is 6.09. The summed E-state index contributed by atoms with van der Waals surface area (Å²) in [6.45, 7) is 20.0. The van der Waals surface area contributed by atoms with Gasteiger partial charge in [0.2, 0.25) is 0 Å². The van der Waals surface area contributed by atoms with E-state index in [1.165, 1.54) is 12.8 Å². The summed E-state index contributed by atoms with van der Waals surface area (Å²) in [6.07, 6.45) is 19.3. The maximum Gasteiger partial charge on any atom is 0.529 e. The molecule has 0 aromatic heterocycles. The number of aliphatic imine (C=N–C) groups is 1. The molecule has 42 heavy (non-hydrogen) atoms. The quantitative estimate of drug-likeness (QED) is 0.0762. The molecule has 0 saturated heterocycles. The number of rotatable bonds is 25. The van der Waals surface area contributed by atoms with Crippen LogP contribution in [-0.4, -0.2) is 88.1 Å². The molecule has 1 atom stereocenters. The van der Waals surface area contributed by atoms with Crippen molar-refractivity contribution in [2.24, 2.45) is 10.9 Å². The molecular formula is C32H64N2O6Si2. The second kappa shape index (κ2) is 25.5. The van der Waals surface area contributed by atoms with Crippen molar-refractivity contribution >= 4 is 23.9 Å². The second-order valence-corrected chi connectivity index (χ2v) is 16.1. The summed E-state index contributed by atoms with van der Waals surface area (Å²) in [6, 6.07) is 0.900. The number of allylic oxidation sites excluding steroid dienone is 3. The van der Waals surface area contributed by atoms with E-state index in [1.54, 1.807) is 0 Å². The first-order valence-electron chi connectivity index (χ1n) is 16.9. The van der Waals surface area contributed by atoms with Crippen LogP contribution in [0.2, 0.25) is 6.04 Å². The molecule has 1 aliphatic heterocycles. The smallest absolute Gasteiger partial charge is 0.373 e. The fourth-order valence-corrected chi connectivity index (χ4v) is 9.73. The first kappa shape index (κ1) is 39.2. The minimum absolute atomic E-state index is 0.677. The average Bonchev–Trinajstić information content (AvgIpc) is 3.73. The lowest BCUT2D eigenvalue weighted by molar-refractivity contribution is 0.0584. The molecule has 0 bridgehead atoms. The van der Waals surface area contributed by atoms with Gasteiger partial charge in [0, 0.05) is 58.8 Å². The van der Waals surface area contributed by atoms with Crippen LogP contribution in [0, 0.1) is 5.92 Å². The Bertz CT molecular complexity index is 682. The molecule has 1 aliphatic carbocycles. The highest BCUT2D eigenvalue weighted by Gasteiger charge is 2.40. The highest BCUT2D eigenvalue weighted by atomic mass is 28.4. The molecule has 246 valence electrons. The van der Waals surface area contributed by atoms with Gasteiger partial charge in [0.15, 0.2) is 0 Å². The molecule has 0 fully saturated rings. The van der Waals surface area contributed by atoms with Gasteiger partial charge in [-0.25, -0.2) is 0 Å². The number of nitrogens with zero attached hydrogens (tertiary/aromatic N) is 2. The van der Waals surface area contributed by atoms with Crippen LogP contribution in [0.1, 0.15) is 106 Å². The van der Waals surface area contributed by atoms with Gasteiger partial charge in [-0.15, -0.1) is 0 Å². The van der Waals surface area contributed by atoms with E-state index in [0.29, 0.717) is 25.7 Å². The summed E-state index contributed by atoms with van der Waals surface area (Å²) in [7, 11) is -5.14. The van der Waals surface area contributed by atoms with Crippen LogP contribution in [0.25, 0.3) is 0 Å². The lowest BCUT2D eigenvalue weighted by atomic mass is 10.1. The molecule has 2 rings (SSSR count). The van der Waals surface area contributed by atoms with E-state index < -0.39 is 17.6 Å². The Labute approximate surface area is 261 Å².